The predicted molar refractivity (Wildman–Crippen MR) is 77.9 cm³/mol. The minimum atomic E-state index is -2.55. The Labute approximate surface area is 123 Å². The number of aryl methyl sites for hydroxylation is 2. The van der Waals surface area contributed by atoms with Crippen molar-refractivity contribution in [3.8, 4) is 5.75 Å². The van der Waals surface area contributed by atoms with Gasteiger partial charge in [-0.05, 0) is 54.3 Å². The van der Waals surface area contributed by atoms with Crippen LogP contribution in [0.1, 0.15) is 40.3 Å². The minimum absolute atomic E-state index is 0.0885. The average Bonchev–Trinajstić information content (AvgIpc) is 2.48. The van der Waals surface area contributed by atoms with Gasteiger partial charge in [-0.25, -0.2) is 8.78 Å². The lowest BCUT2D eigenvalue weighted by Gasteiger charge is -2.17. The van der Waals surface area contributed by atoms with Gasteiger partial charge in [0.05, 0.1) is 7.11 Å². The van der Waals surface area contributed by atoms with E-state index in [-0.39, 0.29) is 5.56 Å². The number of hydrogen-bond donors (Lipinski definition) is 1. The van der Waals surface area contributed by atoms with E-state index >= 15 is 0 Å². The second-order valence-corrected chi connectivity index (χ2v) is 5.05. The van der Waals surface area contributed by atoms with E-state index in [1.165, 1.54) is 18.2 Å². The zero-order valence-corrected chi connectivity index (χ0v) is 12.2. The summed E-state index contributed by atoms with van der Waals surface area (Å²) in [5, 5.41) is 10.5. The van der Waals surface area contributed by atoms with Crippen LogP contribution in [-0.2, 0) is 0 Å². The van der Waals surface area contributed by atoms with E-state index in [1.807, 2.05) is 26.0 Å². The maximum Gasteiger partial charge on any atom is 0.263 e. The van der Waals surface area contributed by atoms with Gasteiger partial charge >= 0.3 is 0 Å². The molecule has 2 aromatic rings. The molecule has 0 amide bonds. The topological polar surface area (TPSA) is 29.5 Å². The summed E-state index contributed by atoms with van der Waals surface area (Å²) in [4.78, 5) is 0. The van der Waals surface area contributed by atoms with Gasteiger partial charge in [0, 0.05) is 5.56 Å². The van der Waals surface area contributed by atoms with Crippen LogP contribution < -0.4 is 4.74 Å². The first-order valence-corrected chi connectivity index (χ1v) is 6.65. The van der Waals surface area contributed by atoms with Gasteiger partial charge in [-0.3, -0.25) is 0 Å². The van der Waals surface area contributed by atoms with Crippen LogP contribution in [0.4, 0.5) is 8.78 Å². The molecule has 0 aliphatic rings. The standard InChI is InChI=1S/C17H18F2O2/c1-10-8-15(21-3)11(2)7-14(10)16(20)12-5-4-6-13(9-12)17(18)19/h4-9,16-17,20H,1-3H3. The number of methoxy groups -OCH3 is 1. The van der Waals surface area contributed by atoms with Crippen molar-refractivity contribution in [2.24, 2.45) is 0 Å². The first-order valence-electron chi connectivity index (χ1n) is 6.65. The third kappa shape index (κ3) is 3.22. The highest BCUT2D eigenvalue weighted by Crippen LogP contribution is 2.31. The Balaban J connectivity index is 2.42. The fourth-order valence-electron chi connectivity index (χ4n) is 2.37. The Morgan fingerprint density at radius 3 is 2.29 bits per heavy atom. The molecule has 1 N–H and O–H groups in total. The molecule has 2 aromatic carbocycles. The molecule has 0 bridgehead atoms. The SMILES string of the molecule is COc1cc(C)c(C(O)c2cccc(C(F)F)c2)cc1C. The van der Waals surface area contributed by atoms with E-state index in [0.717, 1.165) is 16.9 Å². The average molecular weight is 292 g/mol. The molecular weight excluding hydrogens is 274 g/mol. The van der Waals surface area contributed by atoms with E-state index in [4.69, 9.17) is 4.74 Å². The van der Waals surface area contributed by atoms with Crippen LogP contribution in [0.15, 0.2) is 36.4 Å². The van der Waals surface area contributed by atoms with Crippen LogP contribution >= 0.6 is 0 Å². The van der Waals surface area contributed by atoms with E-state index < -0.39 is 12.5 Å². The van der Waals surface area contributed by atoms with Gasteiger partial charge in [-0.1, -0.05) is 18.2 Å². The number of hydrogen-bond acceptors (Lipinski definition) is 2. The molecule has 0 heterocycles. The lowest BCUT2D eigenvalue weighted by Crippen LogP contribution is -2.04. The number of aliphatic hydroxyl groups is 1. The lowest BCUT2D eigenvalue weighted by molar-refractivity contribution is 0.150. The number of rotatable bonds is 4. The molecule has 0 saturated carbocycles. The maximum absolute atomic E-state index is 12.8. The number of benzene rings is 2. The molecule has 2 rings (SSSR count). The second-order valence-electron chi connectivity index (χ2n) is 5.05. The number of alkyl halides is 2. The minimum Gasteiger partial charge on any atom is -0.496 e. The zero-order valence-electron chi connectivity index (χ0n) is 12.2. The molecule has 0 aliphatic heterocycles. The van der Waals surface area contributed by atoms with Gasteiger partial charge in [0.15, 0.2) is 0 Å². The summed E-state index contributed by atoms with van der Waals surface area (Å²) in [6.07, 6.45) is -3.48. The number of aliphatic hydroxyl groups excluding tert-OH is 1. The molecule has 0 fully saturated rings. The van der Waals surface area contributed by atoms with Gasteiger partial charge < -0.3 is 9.84 Å². The van der Waals surface area contributed by atoms with E-state index in [9.17, 15) is 13.9 Å². The molecule has 1 atom stereocenters. The maximum atomic E-state index is 12.8. The van der Waals surface area contributed by atoms with E-state index in [2.05, 4.69) is 0 Å². The second kappa shape index (κ2) is 6.22. The molecule has 4 heteroatoms. The molecular formula is C17H18F2O2. The Morgan fingerprint density at radius 1 is 1.00 bits per heavy atom. The van der Waals surface area contributed by atoms with Crippen LogP contribution in [0.2, 0.25) is 0 Å². The summed E-state index contributed by atoms with van der Waals surface area (Å²) in [6, 6.07) is 9.54. The molecule has 0 aromatic heterocycles. The van der Waals surface area contributed by atoms with Gasteiger partial charge in [0.2, 0.25) is 0 Å². The highest BCUT2D eigenvalue weighted by Gasteiger charge is 2.17. The molecule has 1 unspecified atom stereocenters. The van der Waals surface area contributed by atoms with Gasteiger partial charge in [0.25, 0.3) is 6.43 Å². The summed E-state index contributed by atoms with van der Waals surface area (Å²) in [5.41, 5.74) is 2.81. The van der Waals surface area contributed by atoms with Gasteiger partial charge in [0.1, 0.15) is 11.9 Å². The van der Waals surface area contributed by atoms with Crippen molar-refractivity contribution in [1.82, 2.24) is 0 Å². The van der Waals surface area contributed by atoms with Crippen molar-refractivity contribution in [2.45, 2.75) is 26.4 Å². The third-order valence-corrected chi connectivity index (χ3v) is 3.56. The van der Waals surface area contributed by atoms with Crippen molar-refractivity contribution in [2.75, 3.05) is 7.11 Å². The van der Waals surface area contributed by atoms with Crippen LogP contribution in [0.3, 0.4) is 0 Å². The van der Waals surface area contributed by atoms with Gasteiger partial charge in [-0.15, -0.1) is 0 Å². The highest BCUT2D eigenvalue weighted by molar-refractivity contribution is 5.45. The molecule has 2 nitrogen and oxygen atoms in total. The molecule has 21 heavy (non-hydrogen) atoms. The lowest BCUT2D eigenvalue weighted by atomic mass is 9.94. The van der Waals surface area contributed by atoms with Crippen LogP contribution in [0, 0.1) is 13.8 Å². The first-order chi connectivity index (χ1) is 9.93. The summed E-state index contributed by atoms with van der Waals surface area (Å²) in [5.74, 6) is 0.741. The molecule has 0 radical (unpaired) electrons. The highest BCUT2D eigenvalue weighted by atomic mass is 19.3. The predicted octanol–water partition coefficient (Wildman–Crippen LogP) is 4.33. The van der Waals surface area contributed by atoms with Crippen molar-refractivity contribution in [1.29, 1.82) is 0 Å². The van der Waals surface area contributed by atoms with E-state index in [1.54, 1.807) is 13.2 Å². The first kappa shape index (κ1) is 15.4. The van der Waals surface area contributed by atoms with Gasteiger partial charge in [-0.2, -0.15) is 0 Å². The van der Waals surface area contributed by atoms with Crippen molar-refractivity contribution in [3.05, 3.63) is 64.2 Å². The van der Waals surface area contributed by atoms with Crippen molar-refractivity contribution < 1.29 is 18.6 Å². The smallest absolute Gasteiger partial charge is 0.263 e. The summed E-state index contributed by atoms with van der Waals surface area (Å²) in [6.45, 7) is 3.74. The summed E-state index contributed by atoms with van der Waals surface area (Å²) >= 11 is 0. The fraction of sp³-hybridized carbons (Fsp3) is 0.294. The molecule has 0 aliphatic carbocycles. The largest absolute Gasteiger partial charge is 0.496 e. The van der Waals surface area contributed by atoms with Crippen LogP contribution in [-0.4, -0.2) is 12.2 Å². The molecule has 0 spiro atoms. The molecule has 112 valence electrons. The normalized spacial score (nSPS) is 12.5. The number of halogens is 2. The third-order valence-electron chi connectivity index (χ3n) is 3.56. The monoisotopic (exact) mass is 292 g/mol. The fourth-order valence-corrected chi connectivity index (χ4v) is 2.37. The quantitative estimate of drug-likeness (QED) is 0.908. The Kier molecular flexibility index (Phi) is 4.58. The Morgan fingerprint density at radius 2 is 1.67 bits per heavy atom. The summed E-state index contributed by atoms with van der Waals surface area (Å²) in [7, 11) is 1.59. The zero-order chi connectivity index (χ0) is 15.6. The Hall–Kier alpha value is -1.94. The van der Waals surface area contributed by atoms with E-state index in [0.29, 0.717) is 11.1 Å². The Bertz CT molecular complexity index is 639. The van der Waals surface area contributed by atoms with Crippen molar-refractivity contribution in [3.63, 3.8) is 0 Å². The van der Waals surface area contributed by atoms with Crippen LogP contribution in [0.25, 0.3) is 0 Å². The van der Waals surface area contributed by atoms with Crippen molar-refractivity contribution >= 4 is 0 Å². The summed E-state index contributed by atoms with van der Waals surface area (Å²) < 4.78 is 30.7. The van der Waals surface area contributed by atoms with Crippen LogP contribution in [0.5, 0.6) is 5.75 Å². The molecule has 0 saturated heterocycles. The number of ether oxygens (including phenoxy) is 1.